The average Bonchev–Trinajstić information content (AvgIpc) is 2.88. The molecule has 8 heteroatoms. The first-order valence-electron chi connectivity index (χ1n) is 7.80. The van der Waals surface area contributed by atoms with Gasteiger partial charge in [0.25, 0.3) is 5.91 Å². The van der Waals surface area contributed by atoms with Gasteiger partial charge in [-0.2, -0.15) is 0 Å². The molecular weight excluding hydrogens is 365 g/mol. The van der Waals surface area contributed by atoms with Crippen molar-refractivity contribution in [2.75, 3.05) is 18.4 Å². The zero-order chi connectivity index (χ0) is 18.6. The Hall–Kier alpha value is -2.05. The number of carbonyl (C=O) groups is 2. The van der Waals surface area contributed by atoms with E-state index < -0.39 is 0 Å². The molecule has 0 bridgehead atoms. The number of carbonyl (C=O) groups excluding carboxylic acids is 2. The van der Waals surface area contributed by atoms with Crippen LogP contribution in [0.2, 0.25) is 10.0 Å². The van der Waals surface area contributed by atoms with E-state index in [1.54, 1.807) is 32.0 Å². The largest absolute Gasteiger partial charge is 0.361 e. The first-order valence-corrected chi connectivity index (χ1v) is 8.56. The molecular formula is C17H19Cl2N3O3. The van der Waals surface area contributed by atoms with Gasteiger partial charge in [-0.05, 0) is 38.5 Å². The van der Waals surface area contributed by atoms with E-state index in [-0.39, 0.29) is 18.4 Å². The molecule has 0 saturated heterocycles. The van der Waals surface area contributed by atoms with Crippen molar-refractivity contribution in [3.05, 3.63) is 45.3 Å². The number of hydrogen-bond acceptors (Lipinski definition) is 4. The first kappa shape index (κ1) is 19.3. The number of halogens is 2. The van der Waals surface area contributed by atoms with Gasteiger partial charge in [0.2, 0.25) is 5.91 Å². The standard InChI is InChI=1S/C17H19Cl2N3O3/c1-4-7-22(17(24)16-10(2)21-25-11(16)3)9-15(23)20-14-8-12(18)5-6-13(14)19/h5-6,8H,4,7,9H2,1-3H3,(H,20,23). The summed E-state index contributed by atoms with van der Waals surface area (Å²) in [5.74, 6) is -0.218. The highest BCUT2D eigenvalue weighted by atomic mass is 35.5. The first-order chi connectivity index (χ1) is 11.8. The van der Waals surface area contributed by atoms with Gasteiger partial charge in [0.1, 0.15) is 17.9 Å². The van der Waals surface area contributed by atoms with Gasteiger partial charge >= 0.3 is 0 Å². The molecule has 134 valence electrons. The number of aromatic nitrogens is 1. The lowest BCUT2D eigenvalue weighted by Crippen LogP contribution is -2.39. The molecule has 2 aromatic rings. The normalized spacial score (nSPS) is 10.6. The molecule has 6 nitrogen and oxygen atoms in total. The van der Waals surface area contributed by atoms with Crippen LogP contribution in [0.15, 0.2) is 22.7 Å². The second-order valence-electron chi connectivity index (χ2n) is 5.60. The van der Waals surface area contributed by atoms with Crippen molar-refractivity contribution in [1.29, 1.82) is 0 Å². The smallest absolute Gasteiger partial charge is 0.259 e. The van der Waals surface area contributed by atoms with E-state index in [2.05, 4.69) is 10.5 Å². The summed E-state index contributed by atoms with van der Waals surface area (Å²) in [5, 5.41) is 7.30. The van der Waals surface area contributed by atoms with Crippen LogP contribution in [0.25, 0.3) is 0 Å². The fourth-order valence-electron chi connectivity index (χ4n) is 2.43. The number of nitrogens with zero attached hydrogens (tertiary/aromatic N) is 2. The molecule has 0 radical (unpaired) electrons. The molecule has 0 spiro atoms. The Morgan fingerprint density at radius 3 is 2.60 bits per heavy atom. The summed E-state index contributed by atoms with van der Waals surface area (Å²) in [6, 6.07) is 4.78. The third-order valence-corrected chi connectivity index (χ3v) is 4.13. The second-order valence-corrected chi connectivity index (χ2v) is 6.44. The van der Waals surface area contributed by atoms with Crippen molar-refractivity contribution < 1.29 is 14.1 Å². The predicted octanol–water partition coefficient (Wildman–Crippen LogP) is 4.09. The van der Waals surface area contributed by atoms with E-state index in [1.807, 2.05) is 6.92 Å². The minimum absolute atomic E-state index is 0.112. The molecule has 1 N–H and O–H groups in total. The van der Waals surface area contributed by atoms with Gasteiger partial charge < -0.3 is 14.7 Å². The van der Waals surface area contributed by atoms with Gasteiger partial charge in [0.15, 0.2) is 0 Å². The van der Waals surface area contributed by atoms with Crippen molar-refractivity contribution in [1.82, 2.24) is 10.1 Å². The zero-order valence-electron chi connectivity index (χ0n) is 14.2. The van der Waals surface area contributed by atoms with E-state index in [1.165, 1.54) is 4.90 Å². The number of nitrogens with one attached hydrogen (secondary N) is 1. The van der Waals surface area contributed by atoms with Crippen LogP contribution in [-0.2, 0) is 4.79 Å². The highest BCUT2D eigenvalue weighted by molar-refractivity contribution is 6.35. The molecule has 25 heavy (non-hydrogen) atoms. The van der Waals surface area contributed by atoms with Gasteiger partial charge in [0, 0.05) is 11.6 Å². The minimum atomic E-state index is -0.363. The van der Waals surface area contributed by atoms with E-state index >= 15 is 0 Å². The fraction of sp³-hybridized carbons (Fsp3) is 0.353. The summed E-state index contributed by atoms with van der Waals surface area (Å²) in [7, 11) is 0. The molecule has 0 atom stereocenters. The van der Waals surface area contributed by atoms with Crippen LogP contribution in [-0.4, -0.2) is 35.0 Å². The molecule has 0 fully saturated rings. The molecule has 2 rings (SSSR count). The molecule has 0 saturated carbocycles. The van der Waals surface area contributed by atoms with Crippen molar-refractivity contribution in [3.8, 4) is 0 Å². The highest BCUT2D eigenvalue weighted by Gasteiger charge is 2.24. The molecule has 1 heterocycles. The number of amides is 2. The maximum Gasteiger partial charge on any atom is 0.259 e. The summed E-state index contributed by atoms with van der Waals surface area (Å²) < 4.78 is 5.04. The Bertz CT molecular complexity index is 770. The van der Waals surface area contributed by atoms with Gasteiger partial charge in [-0.1, -0.05) is 35.3 Å². The summed E-state index contributed by atoms with van der Waals surface area (Å²) in [4.78, 5) is 26.6. The van der Waals surface area contributed by atoms with Crippen LogP contribution in [0.5, 0.6) is 0 Å². The van der Waals surface area contributed by atoms with Crippen molar-refractivity contribution in [2.45, 2.75) is 27.2 Å². The van der Waals surface area contributed by atoms with Crippen molar-refractivity contribution in [2.24, 2.45) is 0 Å². The van der Waals surface area contributed by atoms with Crippen LogP contribution >= 0.6 is 23.2 Å². The SMILES string of the molecule is CCCN(CC(=O)Nc1cc(Cl)ccc1Cl)C(=O)c1c(C)noc1C. The maximum atomic E-state index is 12.7. The molecule has 0 unspecified atom stereocenters. The quantitative estimate of drug-likeness (QED) is 0.814. The van der Waals surface area contributed by atoms with Crippen LogP contribution in [0.4, 0.5) is 5.69 Å². The predicted molar refractivity (Wildman–Crippen MR) is 97.3 cm³/mol. The highest BCUT2D eigenvalue weighted by Crippen LogP contribution is 2.25. The van der Waals surface area contributed by atoms with Crippen LogP contribution in [0, 0.1) is 13.8 Å². The van der Waals surface area contributed by atoms with E-state index in [9.17, 15) is 9.59 Å². The van der Waals surface area contributed by atoms with Gasteiger partial charge in [-0.15, -0.1) is 0 Å². The lowest BCUT2D eigenvalue weighted by Gasteiger charge is -2.21. The molecule has 1 aromatic carbocycles. The van der Waals surface area contributed by atoms with Gasteiger partial charge in [-0.25, -0.2) is 0 Å². The van der Waals surface area contributed by atoms with Crippen molar-refractivity contribution in [3.63, 3.8) is 0 Å². The summed E-state index contributed by atoms with van der Waals surface area (Å²) >= 11 is 12.0. The van der Waals surface area contributed by atoms with Crippen LogP contribution in [0.3, 0.4) is 0 Å². The van der Waals surface area contributed by atoms with Gasteiger partial charge in [-0.3, -0.25) is 9.59 Å². The number of rotatable bonds is 6. The van der Waals surface area contributed by atoms with E-state index in [0.29, 0.717) is 45.7 Å². The van der Waals surface area contributed by atoms with E-state index in [0.717, 1.165) is 0 Å². The Labute approximate surface area is 156 Å². The number of hydrogen-bond donors (Lipinski definition) is 1. The van der Waals surface area contributed by atoms with Gasteiger partial charge in [0.05, 0.1) is 16.4 Å². The molecule has 0 aliphatic heterocycles. The third kappa shape index (κ3) is 4.74. The van der Waals surface area contributed by atoms with E-state index in [4.69, 9.17) is 27.7 Å². The summed E-state index contributed by atoms with van der Waals surface area (Å²) in [6.07, 6.45) is 0.709. The molecule has 0 aliphatic carbocycles. The summed E-state index contributed by atoms with van der Waals surface area (Å²) in [6.45, 7) is 5.61. The number of aryl methyl sites for hydroxylation is 2. The summed E-state index contributed by atoms with van der Waals surface area (Å²) in [5.41, 5.74) is 1.30. The molecule has 1 aromatic heterocycles. The topological polar surface area (TPSA) is 75.4 Å². The Morgan fingerprint density at radius 1 is 1.28 bits per heavy atom. The Balaban J connectivity index is 2.14. The minimum Gasteiger partial charge on any atom is -0.361 e. The Morgan fingerprint density at radius 2 is 2.00 bits per heavy atom. The zero-order valence-corrected chi connectivity index (χ0v) is 15.7. The number of benzene rings is 1. The lowest BCUT2D eigenvalue weighted by atomic mass is 10.1. The molecule has 0 aliphatic rings. The average molecular weight is 384 g/mol. The maximum absolute atomic E-state index is 12.7. The lowest BCUT2D eigenvalue weighted by molar-refractivity contribution is -0.116. The Kier molecular flexibility index (Phi) is 6.45. The van der Waals surface area contributed by atoms with Crippen LogP contribution in [0.1, 0.15) is 35.2 Å². The second kappa shape index (κ2) is 8.36. The number of anilines is 1. The van der Waals surface area contributed by atoms with Crippen molar-refractivity contribution >= 4 is 40.7 Å². The monoisotopic (exact) mass is 383 g/mol. The van der Waals surface area contributed by atoms with Crippen LogP contribution < -0.4 is 5.32 Å². The molecule has 2 amide bonds. The third-order valence-electron chi connectivity index (χ3n) is 3.56. The fourth-order valence-corrected chi connectivity index (χ4v) is 2.76.